The zero-order valence-corrected chi connectivity index (χ0v) is 32.3. The lowest BCUT2D eigenvalue weighted by molar-refractivity contribution is 0.951. The van der Waals surface area contributed by atoms with Crippen molar-refractivity contribution in [2.75, 3.05) is 0 Å². The summed E-state index contributed by atoms with van der Waals surface area (Å²) in [4.78, 5) is 0. The van der Waals surface area contributed by atoms with E-state index >= 15 is 0 Å². The molecule has 0 unspecified atom stereocenters. The number of nitrogens with zero attached hydrogens (tertiary/aromatic N) is 6. The Balaban J connectivity index is -0.000000289. The third kappa shape index (κ3) is 15.5. The molecule has 0 spiro atoms. The Hall–Kier alpha value is -4.42. The molecule has 0 amide bonds. The Morgan fingerprint density at radius 2 is 0.783 bits per heavy atom. The fourth-order valence-electron chi connectivity index (χ4n) is 3.44. The van der Waals surface area contributed by atoms with Crippen LogP contribution in [0.4, 0.5) is 0 Å². The average molecular weight is 627 g/mol. The van der Waals surface area contributed by atoms with Crippen LogP contribution in [0.15, 0.2) is 48.5 Å². The molecule has 0 saturated carbocycles. The van der Waals surface area contributed by atoms with Gasteiger partial charge in [0.15, 0.2) is 0 Å². The lowest BCUT2D eigenvalue weighted by Crippen LogP contribution is -1.99. The zero-order chi connectivity index (χ0) is 36.8. The first-order valence-electron chi connectivity index (χ1n) is 16.9. The number of aryl methyl sites for hydroxylation is 2. The monoisotopic (exact) mass is 627 g/mol. The maximum atomic E-state index is 8.89. The predicted molar refractivity (Wildman–Crippen MR) is 201 cm³/mol. The van der Waals surface area contributed by atoms with E-state index in [0.717, 1.165) is 50.6 Å². The van der Waals surface area contributed by atoms with Gasteiger partial charge in [-0.15, -0.1) is 10.2 Å². The molecule has 46 heavy (non-hydrogen) atoms. The minimum Gasteiger partial charge on any atom is -0.192 e. The first kappa shape index (κ1) is 48.5. The molecule has 4 aromatic rings. The van der Waals surface area contributed by atoms with E-state index in [4.69, 9.17) is 10.5 Å². The summed E-state index contributed by atoms with van der Waals surface area (Å²) in [6.07, 6.45) is 0. The van der Waals surface area contributed by atoms with Crippen molar-refractivity contribution < 1.29 is 0 Å². The number of hydrogen-bond acceptors (Lipinski definition) is 6. The Morgan fingerprint density at radius 1 is 0.413 bits per heavy atom. The smallest absolute Gasteiger partial charge is 0.0991 e. The summed E-state index contributed by atoms with van der Waals surface area (Å²) in [5.41, 5.74) is 11.5. The molecule has 0 aliphatic heterocycles. The molecule has 0 N–H and O–H groups in total. The van der Waals surface area contributed by atoms with Crippen LogP contribution in [0.2, 0.25) is 0 Å². The lowest BCUT2D eigenvalue weighted by Gasteiger charge is -2.08. The molecule has 0 radical (unpaired) electrons. The number of rotatable bonds is 2. The van der Waals surface area contributed by atoms with Crippen LogP contribution in [0.5, 0.6) is 0 Å². The van der Waals surface area contributed by atoms with E-state index in [1.54, 1.807) is 18.2 Å². The van der Waals surface area contributed by atoms with Gasteiger partial charge < -0.3 is 0 Å². The van der Waals surface area contributed by atoms with E-state index in [1.807, 2.05) is 155 Å². The second-order valence-electron chi connectivity index (χ2n) is 8.15. The topological polar surface area (TPSA) is 99.1 Å². The fraction of sp³-hybridized carbons (Fsp3) is 0.450. The largest absolute Gasteiger partial charge is 0.192 e. The highest BCUT2D eigenvalue weighted by Crippen LogP contribution is 2.25. The molecule has 0 aliphatic carbocycles. The number of benzene rings is 2. The summed E-state index contributed by atoms with van der Waals surface area (Å²) in [6.45, 7) is 36.1. The maximum absolute atomic E-state index is 8.89. The molecular weight excluding hydrogens is 564 g/mol. The van der Waals surface area contributed by atoms with Crippen LogP contribution < -0.4 is 0 Å². The van der Waals surface area contributed by atoms with Gasteiger partial charge in [0.05, 0.1) is 46.0 Å². The second-order valence-corrected chi connectivity index (χ2v) is 8.15. The van der Waals surface area contributed by atoms with Gasteiger partial charge in [-0.05, 0) is 88.1 Å². The summed E-state index contributed by atoms with van der Waals surface area (Å²) >= 11 is 0. The number of aromatic nitrogens is 4. The van der Waals surface area contributed by atoms with Gasteiger partial charge in [0.2, 0.25) is 0 Å². The van der Waals surface area contributed by atoms with Crippen LogP contribution in [0.1, 0.15) is 128 Å². The summed E-state index contributed by atoms with van der Waals surface area (Å²) in [7, 11) is 0. The Bertz CT molecular complexity index is 1430. The van der Waals surface area contributed by atoms with Crippen LogP contribution in [0.25, 0.3) is 22.5 Å². The lowest BCUT2D eigenvalue weighted by atomic mass is 10.0. The second kappa shape index (κ2) is 30.6. The molecule has 2 heterocycles. The van der Waals surface area contributed by atoms with Gasteiger partial charge in [0.25, 0.3) is 0 Å². The van der Waals surface area contributed by atoms with Crippen LogP contribution in [-0.4, -0.2) is 20.4 Å². The van der Waals surface area contributed by atoms with E-state index in [1.165, 1.54) is 5.56 Å². The van der Waals surface area contributed by atoms with E-state index < -0.39 is 0 Å². The van der Waals surface area contributed by atoms with Crippen LogP contribution >= 0.6 is 0 Å². The molecule has 4 rings (SSSR count). The van der Waals surface area contributed by atoms with Gasteiger partial charge in [0.1, 0.15) is 0 Å². The van der Waals surface area contributed by atoms with Crippen molar-refractivity contribution >= 4 is 0 Å². The SMILES string of the molecule is CC.CC.CC.CC.CC.CC.Cc1nnc(-c2ccc(C#N)cc2)c(C)c1C.Cc1nnc(-c2cccc(C#N)c2)c(C)c1C. The van der Waals surface area contributed by atoms with Crippen molar-refractivity contribution in [2.24, 2.45) is 0 Å². The molecular formula is C40H62N6. The maximum Gasteiger partial charge on any atom is 0.0991 e. The van der Waals surface area contributed by atoms with Gasteiger partial charge in [-0.25, -0.2) is 0 Å². The number of nitriles is 2. The minimum atomic E-state index is 0.641. The van der Waals surface area contributed by atoms with Gasteiger partial charge in [-0.3, -0.25) is 0 Å². The predicted octanol–water partition coefficient (Wildman–Crippen LogP) is 12.0. The Labute approximate surface area is 283 Å². The van der Waals surface area contributed by atoms with Gasteiger partial charge in [-0.2, -0.15) is 20.7 Å². The minimum absolute atomic E-state index is 0.641. The van der Waals surface area contributed by atoms with Crippen LogP contribution in [0.3, 0.4) is 0 Å². The van der Waals surface area contributed by atoms with Gasteiger partial charge >= 0.3 is 0 Å². The van der Waals surface area contributed by atoms with E-state index in [2.05, 4.69) is 32.5 Å². The highest BCUT2D eigenvalue weighted by Gasteiger charge is 2.10. The summed E-state index contributed by atoms with van der Waals surface area (Å²) < 4.78 is 0. The molecule has 0 fully saturated rings. The molecule has 0 bridgehead atoms. The van der Waals surface area contributed by atoms with Crippen molar-refractivity contribution in [1.29, 1.82) is 10.5 Å². The number of hydrogen-bond donors (Lipinski definition) is 0. The van der Waals surface area contributed by atoms with E-state index in [9.17, 15) is 0 Å². The van der Waals surface area contributed by atoms with E-state index in [0.29, 0.717) is 11.1 Å². The molecule has 0 atom stereocenters. The fourth-order valence-corrected chi connectivity index (χ4v) is 3.44. The van der Waals surface area contributed by atoms with Gasteiger partial charge in [-0.1, -0.05) is 107 Å². The molecule has 2 aromatic heterocycles. The molecule has 6 nitrogen and oxygen atoms in total. The highest BCUT2D eigenvalue weighted by atomic mass is 15.1. The molecule has 6 heteroatoms. The van der Waals surface area contributed by atoms with Crippen molar-refractivity contribution in [3.63, 3.8) is 0 Å². The average Bonchev–Trinajstić information content (AvgIpc) is 3.15. The molecule has 252 valence electrons. The third-order valence-corrected chi connectivity index (χ3v) is 6.07. The van der Waals surface area contributed by atoms with Gasteiger partial charge in [0, 0.05) is 11.1 Å². The van der Waals surface area contributed by atoms with Crippen molar-refractivity contribution in [3.8, 4) is 34.7 Å². The standard InChI is InChI=1S/2C14H13N3.6C2H6/c1-9-10(2)14(17-16-11(9)3)13-6-4-12(8-15)5-7-13;1-9-10(2)14(17-16-11(9)3)13-6-4-5-12(7-13)8-15;6*1-2/h2*4-7H,1-3H3;6*1-2H3. The Kier molecular flexibility index (Phi) is 32.3. The Morgan fingerprint density at radius 3 is 1.15 bits per heavy atom. The quantitative estimate of drug-likeness (QED) is 0.219. The first-order chi connectivity index (χ1) is 22.3. The normalized spacial score (nSPS) is 8.17. The molecule has 0 aliphatic rings. The zero-order valence-electron chi connectivity index (χ0n) is 32.3. The molecule has 2 aromatic carbocycles. The van der Waals surface area contributed by atoms with E-state index in [-0.39, 0.29) is 0 Å². The summed E-state index contributed by atoms with van der Waals surface area (Å²) in [6, 6.07) is 19.1. The first-order valence-corrected chi connectivity index (χ1v) is 16.9. The summed E-state index contributed by atoms with van der Waals surface area (Å²) in [5, 5.41) is 34.4. The molecule has 0 saturated heterocycles. The van der Waals surface area contributed by atoms with Crippen molar-refractivity contribution in [1.82, 2.24) is 20.4 Å². The van der Waals surface area contributed by atoms with Crippen LogP contribution in [0, 0.1) is 64.2 Å². The van der Waals surface area contributed by atoms with Crippen LogP contribution in [-0.2, 0) is 0 Å². The third-order valence-electron chi connectivity index (χ3n) is 6.07. The highest BCUT2D eigenvalue weighted by molar-refractivity contribution is 5.66. The van der Waals surface area contributed by atoms with Crippen molar-refractivity contribution in [2.45, 2.75) is 125 Å². The summed E-state index contributed by atoms with van der Waals surface area (Å²) in [5.74, 6) is 0. The van der Waals surface area contributed by atoms with Crippen molar-refractivity contribution in [3.05, 3.63) is 93.3 Å².